The quantitative estimate of drug-likeness (QED) is 0.531. The molecule has 90 valence electrons. The zero-order chi connectivity index (χ0) is 12.3. The molecule has 1 rings (SSSR count). The summed E-state index contributed by atoms with van der Waals surface area (Å²) in [6.07, 6.45) is 1.16. The molecule has 0 radical (unpaired) electrons. The maximum atomic E-state index is 10.8. The summed E-state index contributed by atoms with van der Waals surface area (Å²) in [4.78, 5) is 10.8. The predicted octanol–water partition coefficient (Wildman–Crippen LogP) is -1.62. The van der Waals surface area contributed by atoms with Crippen molar-refractivity contribution in [1.82, 2.24) is 9.78 Å². The second kappa shape index (κ2) is 4.47. The molecule has 0 spiro atoms. The molecule has 0 aromatic carbocycles. The highest BCUT2D eigenvalue weighted by Gasteiger charge is 2.12. The van der Waals surface area contributed by atoms with Crippen LogP contribution in [0.1, 0.15) is 10.4 Å². The number of carbonyl (C=O) groups is 1. The van der Waals surface area contributed by atoms with E-state index in [4.69, 9.17) is 16.0 Å². The number of rotatable bonds is 5. The first-order valence-electron chi connectivity index (χ1n) is 4.04. The van der Waals surface area contributed by atoms with Gasteiger partial charge in [0.05, 0.1) is 19.3 Å². The number of carbonyl (C=O) groups excluding carboxylic acids is 1. The van der Waals surface area contributed by atoms with Crippen LogP contribution in [0.15, 0.2) is 6.20 Å². The van der Waals surface area contributed by atoms with Crippen molar-refractivity contribution in [1.29, 1.82) is 0 Å². The molecule has 1 aromatic heterocycles. The number of nitrogens with zero attached hydrogens (tertiary/aromatic N) is 2. The Hall–Kier alpha value is -1.65. The van der Waals surface area contributed by atoms with Gasteiger partial charge in [-0.2, -0.15) is 13.5 Å². The van der Waals surface area contributed by atoms with Gasteiger partial charge in [-0.25, -0.2) is 8.86 Å². The van der Waals surface area contributed by atoms with Gasteiger partial charge in [0.25, 0.3) is 5.91 Å². The van der Waals surface area contributed by atoms with Gasteiger partial charge in [0.2, 0.25) is 0 Å². The minimum absolute atomic E-state index is 0.00596. The number of hydrogen-bond donors (Lipinski definition) is 3. The van der Waals surface area contributed by atoms with Crippen molar-refractivity contribution in [3.05, 3.63) is 11.8 Å². The summed E-state index contributed by atoms with van der Waals surface area (Å²) >= 11 is 0. The molecule has 0 saturated heterocycles. The van der Waals surface area contributed by atoms with Crippen molar-refractivity contribution in [2.45, 2.75) is 6.54 Å². The molecular weight excluding hydrogens is 240 g/mol. The molecule has 0 unspecified atom stereocenters. The van der Waals surface area contributed by atoms with Crippen LogP contribution in [-0.4, -0.2) is 35.3 Å². The smallest absolute Gasteiger partial charge is 0.383 e. The summed E-state index contributed by atoms with van der Waals surface area (Å²) in [6, 6.07) is 0. The Balaban J connectivity index is 2.66. The van der Waals surface area contributed by atoms with Gasteiger partial charge in [-0.3, -0.25) is 9.35 Å². The molecule has 0 aliphatic heterocycles. The van der Waals surface area contributed by atoms with E-state index in [-0.39, 0.29) is 24.5 Å². The van der Waals surface area contributed by atoms with Crippen LogP contribution < -0.4 is 11.5 Å². The summed E-state index contributed by atoms with van der Waals surface area (Å²) < 4.78 is 33.9. The van der Waals surface area contributed by atoms with Crippen LogP contribution in [0.4, 0.5) is 5.82 Å². The number of amides is 1. The Morgan fingerprint density at radius 1 is 1.62 bits per heavy atom. The van der Waals surface area contributed by atoms with Crippen LogP contribution >= 0.6 is 0 Å². The van der Waals surface area contributed by atoms with Crippen LogP contribution in [0.25, 0.3) is 0 Å². The molecule has 0 aliphatic rings. The molecule has 0 bridgehead atoms. The van der Waals surface area contributed by atoms with Crippen LogP contribution in [-0.2, 0) is 21.1 Å². The minimum atomic E-state index is -4.49. The summed E-state index contributed by atoms with van der Waals surface area (Å²) in [5.41, 5.74) is 10.5. The van der Waals surface area contributed by atoms with Crippen LogP contribution in [0.5, 0.6) is 0 Å². The molecule has 0 fully saturated rings. The van der Waals surface area contributed by atoms with Gasteiger partial charge in [-0.1, -0.05) is 0 Å². The van der Waals surface area contributed by atoms with Gasteiger partial charge < -0.3 is 11.5 Å². The van der Waals surface area contributed by atoms with Crippen LogP contribution in [0.2, 0.25) is 0 Å². The molecule has 0 atom stereocenters. The second-order valence-corrected chi connectivity index (χ2v) is 3.87. The average molecular weight is 250 g/mol. The van der Waals surface area contributed by atoms with E-state index in [0.29, 0.717) is 0 Å². The fraction of sp³-hybridized carbons (Fsp3) is 0.333. The molecule has 1 amide bonds. The third-order valence-corrected chi connectivity index (χ3v) is 2.15. The van der Waals surface area contributed by atoms with Crippen molar-refractivity contribution in [3.8, 4) is 0 Å². The zero-order valence-electron chi connectivity index (χ0n) is 8.03. The van der Waals surface area contributed by atoms with Crippen LogP contribution in [0, 0.1) is 0 Å². The Morgan fingerprint density at radius 3 is 2.69 bits per heavy atom. The summed E-state index contributed by atoms with van der Waals surface area (Å²) in [5.74, 6) is -0.731. The van der Waals surface area contributed by atoms with Gasteiger partial charge in [0.1, 0.15) is 11.4 Å². The maximum Gasteiger partial charge on any atom is 0.397 e. The highest BCUT2D eigenvalue weighted by atomic mass is 32.3. The van der Waals surface area contributed by atoms with E-state index < -0.39 is 16.3 Å². The van der Waals surface area contributed by atoms with E-state index in [0.717, 1.165) is 10.9 Å². The topological polar surface area (TPSA) is 151 Å². The van der Waals surface area contributed by atoms with E-state index in [1.807, 2.05) is 0 Å². The minimum Gasteiger partial charge on any atom is -0.383 e. The number of nitrogen functional groups attached to an aromatic ring is 1. The fourth-order valence-electron chi connectivity index (χ4n) is 0.992. The molecule has 1 aromatic rings. The molecule has 9 nitrogen and oxygen atoms in total. The molecular formula is C6H10N4O5S. The van der Waals surface area contributed by atoms with Crippen molar-refractivity contribution in [2.75, 3.05) is 12.3 Å². The first-order chi connectivity index (χ1) is 7.31. The van der Waals surface area contributed by atoms with E-state index in [1.165, 1.54) is 0 Å². The first-order valence-corrected chi connectivity index (χ1v) is 5.40. The average Bonchev–Trinajstić information content (AvgIpc) is 2.46. The Bertz CT molecular complexity index is 493. The maximum absolute atomic E-state index is 10.8. The third kappa shape index (κ3) is 3.18. The van der Waals surface area contributed by atoms with Crippen molar-refractivity contribution in [3.63, 3.8) is 0 Å². The van der Waals surface area contributed by atoms with Crippen molar-refractivity contribution in [2.24, 2.45) is 5.73 Å². The highest BCUT2D eigenvalue weighted by molar-refractivity contribution is 7.80. The second-order valence-electron chi connectivity index (χ2n) is 2.78. The molecule has 1 heterocycles. The molecule has 16 heavy (non-hydrogen) atoms. The lowest BCUT2D eigenvalue weighted by Gasteiger charge is -2.03. The molecule has 0 aliphatic carbocycles. The predicted molar refractivity (Wildman–Crippen MR) is 52.7 cm³/mol. The fourth-order valence-corrected chi connectivity index (χ4v) is 1.28. The number of aromatic nitrogens is 2. The van der Waals surface area contributed by atoms with Gasteiger partial charge in [-0.15, -0.1) is 0 Å². The largest absolute Gasteiger partial charge is 0.397 e. The van der Waals surface area contributed by atoms with Gasteiger partial charge in [-0.05, 0) is 0 Å². The normalized spacial score (nSPS) is 11.6. The standard InChI is InChI=1S/C6H10N4O5S/c7-5-4(6(8)11)3-9-10(5)1-2-15-16(12,13)14/h3H,1-2,7H2,(H2,8,11)(H,12,13,14). The Kier molecular flexibility index (Phi) is 3.47. The van der Waals surface area contributed by atoms with Crippen molar-refractivity contribution >= 4 is 22.1 Å². The van der Waals surface area contributed by atoms with Gasteiger partial charge >= 0.3 is 10.4 Å². The van der Waals surface area contributed by atoms with Crippen molar-refractivity contribution < 1.29 is 21.9 Å². The number of anilines is 1. The number of hydrogen-bond acceptors (Lipinski definition) is 6. The number of primary amides is 1. The van der Waals surface area contributed by atoms with Crippen LogP contribution in [0.3, 0.4) is 0 Å². The Labute approximate surface area is 90.9 Å². The van der Waals surface area contributed by atoms with E-state index >= 15 is 0 Å². The third-order valence-electron chi connectivity index (χ3n) is 1.68. The SMILES string of the molecule is NC(=O)c1cnn(CCOS(=O)(=O)O)c1N. The molecule has 10 heteroatoms. The summed E-state index contributed by atoms with van der Waals surface area (Å²) in [5, 5.41) is 3.69. The zero-order valence-corrected chi connectivity index (χ0v) is 8.85. The van der Waals surface area contributed by atoms with E-state index in [9.17, 15) is 13.2 Å². The lowest BCUT2D eigenvalue weighted by molar-refractivity contribution is 0.100. The summed E-state index contributed by atoms with van der Waals surface area (Å²) in [6.45, 7) is -0.401. The summed E-state index contributed by atoms with van der Waals surface area (Å²) in [7, 11) is -4.49. The molecule has 5 N–H and O–H groups in total. The highest BCUT2D eigenvalue weighted by Crippen LogP contribution is 2.09. The first kappa shape index (κ1) is 12.4. The van der Waals surface area contributed by atoms with E-state index in [1.54, 1.807) is 0 Å². The monoisotopic (exact) mass is 250 g/mol. The Morgan fingerprint density at radius 2 is 2.25 bits per heavy atom. The van der Waals surface area contributed by atoms with Gasteiger partial charge in [0, 0.05) is 0 Å². The molecule has 0 saturated carbocycles. The van der Waals surface area contributed by atoms with Gasteiger partial charge in [0.15, 0.2) is 0 Å². The van der Waals surface area contributed by atoms with E-state index in [2.05, 4.69) is 9.28 Å². The lowest BCUT2D eigenvalue weighted by Crippen LogP contribution is -2.16. The number of nitrogens with two attached hydrogens (primary N) is 2. The lowest BCUT2D eigenvalue weighted by atomic mass is 10.3.